The predicted octanol–water partition coefficient (Wildman–Crippen LogP) is 10.9. The van der Waals surface area contributed by atoms with Crippen molar-refractivity contribution in [3.63, 3.8) is 0 Å². The molecule has 1 heterocycles. The van der Waals surface area contributed by atoms with Crippen molar-refractivity contribution < 1.29 is 0 Å². The average molecular weight is 530 g/mol. The van der Waals surface area contributed by atoms with Gasteiger partial charge in [0.25, 0.3) is 0 Å². The molecule has 8 rings (SSSR count). The highest BCUT2D eigenvalue weighted by atomic mass is 32.1. The van der Waals surface area contributed by atoms with Crippen molar-refractivity contribution in [2.24, 2.45) is 0 Å². The number of hydrogen-bond donors (Lipinski definition) is 0. The zero-order valence-electron chi connectivity index (χ0n) is 22.2. The monoisotopic (exact) mass is 529 g/mol. The summed E-state index contributed by atoms with van der Waals surface area (Å²) in [6.45, 7) is 2.42. The molecular formula is C38H27NS. The number of hydrogen-bond acceptors (Lipinski definition) is 2. The van der Waals surface area contributed by atoms with Gasteiger partial charge in [-0.05, 0) is 77.2 Å². The molecule has 1 aromatic heterocycles. The molecule has 40 heavy (non-hydrogen) atoms. The van der Waals surface area contributed by atoms with E-state index in [1.54, 1.807) is 0 Å². The van der Waals surface area contributed by atoms with Crippen molar-refractivity contribution in [3.05, 3.63) is 162 Å². The van der Waals surface area contributed by atoms with E-state index < -0.39 is 0 Å². The zero-order chi connectivity index (χ0) is 26.7. The number of anilines is 3. The molecule has 0 fully saturated rings. The Morgan fingerprint density at radius 3 is 1.62 bits per heavy atom. The van der Waals surface area contributed by atoms with Gasteiger partial charge in [-0.25, -0.2) is 0 Å². The van der Waals surface area contributed by atoms with Crippen LogP contribution in [0.25, 0.3) is 31.3 Å². The minimum Gasteiger partial charge on any atom is -0.310 e. The molecular weight excluding hydrogens is 502 g/mol. The third kappa shape index (κ3) is 3.33. The molecule has 0 bridgehead atoms. The fourth-order valence-corrected chi connectivity index (χ4v) is 7.80. The summed E-state index contributed by atoms with van der Waals surface area (Å²) in [5, 5.41) is 2.62. The lowest BCUT2D eigenvalue weighted by molar-refractivity contribution is 0.715. The van der Waals surface area contributed by atoms with Crippen LogP contribution in [0.15, 0.2) is 146 Å². The summed E-state index contributed by atoms with van der Waals surface area (Å²) in [5.41, 5.74) is 9.88. The average Bonchev–Trinajstić information content (AvgIpc) is 3.51. The summed E-state index contributed by atoms with van der Waals surface area (Å²) >= 11 is 1.89. The van der Waals surface area contributed by atoms with Crippen LogP contribution in [0.1, 0.15) is 23.6 Å². The van der Waals surface area contributed by atoms with E-state index in [0.717, 1.165) is 11.4 Å². The van der Waals surface area contributed by atoms with E-state index in [1.165, 1.54) is 53.7 Å². The highest BCUT2D eigenvalue weighted by molar-refractivity contribution is 7.25. The number of rotatable bonds is 4. The molecule has 0 N–H and O–H groups in total. The van der Waals surface area contributed by atoms with E-state index in [0.29, 0.717) is 0 Å². The highest BCUT2D eigenvalue weighted by Crippen LogP contribution is 2.56. The minimum atomic E-state index is -0.325. The maximum atomic E-state index is 2.48. The van der Waals surface area contributed by atoms with Gasteiger partial charge >= 0.3 is 0 Å². The molecule has 0 saturated carbocycles. The van der Waals surface area contributed by atoms with E-state index in [2.05, 4.69) is 157 Å². The first-order valence-electron chi connectivity index (χ1n) is 13.8. The smallest absolute Gasteiger partial charge is 0.0513 e. The summed E-state index contributed by atoms with van der Waals surface area (Å²) in [4.78, 5) is 2.44. The van der Waals surface area contributed by atoms with Gasteiger partial charge in [0.1, 0.15) is 0 Å². The van der Waals surface area contributed by atoms with Gasteiger partial charge in [0.05, 0.1) is 5.69 Å². The normalized spacial score (nSPS) is 13.3. The van der Waals surface area contributed by atoms with E-state index in [1.807, 2.05) is 11.3 Å². The van der Waals surface area contributed by atoms with E-state index >= 15 is 0 Å². The summed E-state index contributed by atoms with van der Waals surface area (Å²) in [6.07, 6.45) is 0. The number of para-hydroxylation sites is 2. The Kier molecular flexibility index (Phi) is 5.20. The second-order valence-corrected chi connectivity index (χ2v) is 11.8. The van der Waals surface area contributed by atoms with Crippen LogP contribution in [0.2, 0.25) is 0 Å². The summed E-state index contributed by atoms with van der Waals surface area (Å²) < 4.78 is 2.65. The summed E-state index contributed by atoms with van der Waals surface area (Å²) in [5.74, 6) is 0. The van der Waals surface area contributed by atoms with Gasteiger partial charge in [0, 0.05) is 37.0 Å². The van der Waals surface area contributed by atoms with Gasteiger partial charge in [-0.15, -0.1) is 11.3 Å². The second-order valence-electron chi connectivity index (χ2n) is 10.7. The molecule has 0 saturated heterocycles. The zero-order valence-corrected chi connectivity index (χ0v) is 23.0. The Hall–Kier alpha value is -4.66. The minimum absolute atomic E-state index is 0.325. The molecule has 0 amide bonds. The lowest BCUT2D eigenvalue weighted by atomic mass is 9.73. The first-order chi connectivity index (χ1) is 19.7. The van der Waals surface area contributed by atoms with Gasteiger partial charge in [-0.2, -0.15) is 0 Å². The Morgan fingerprint density at radius 1 is 0.475 bits per heavy atom. The van der Waals surface area contributed by atoms with Crippen molar-refractivity contribution >= 4 is 48.6 Å². The van der Waals surface area contributed by atoms with Gasteiger partial charge in [0.2, 0.25) is 0 Å². The van der Waals surface area contributed by atoms with Gasteiger partial charge < -0.3 is 4.90 Å². The van der Waals surface area contributed by atoms with E-state index in [-0.39, 0.29) is 5.41 Å². The topological polar surface area (TPSA) is 3.24 Å². The van der Waals surface area contributed by atoms with Crippen molar-refractivity contribution in [3.8, 4) is 11.1 Å². The van der Waals surface area contributed by atoms with Crippen LogP contribution < -0.4 is 4.90 Å². The van der Waals surface area contributed by atoms with Crippen LogP contribution in [0.3, 0.4) is 0 Å². The van der Waals surface area contributed by atoms with Crippen molar-refractivity contribution in [2.45, 2.75) is 12.3 Å². The molecule has 1 nitrogen and oxygen atoms in total. The maximum Gasteiger partial charge on any atom is 0.0513 e. The third-order valence-corrected chi connectivity index (χ3v) is 9.66. The summed E-state index contributed by atoms with van der Waals surface area (Å²) in [7, 11) is 0. The molecule has 0 radical (unpaired) electrons. The standard InChI is InChI=1S/C38H27NS/c1-38(32-21-11-8-18-28(32)29-19-9-12-22-33(29)38)34-25-37-31(30-20-10-13-23-36(30)40-37)24-35(34)39(26-14-4-2-5-15-26)27-16-6-3-7-17-27/h2-25H,1H3. The predicted molar refractivity (Wildman–Crippen MR) is 171 cm³/mol. The van der Waals surface area contributed by atoms with Gasteiger partial charge in [0.15, 0.2) is 0 Å². The Labute approximate surface area is 238 Å². The van der Waals surface area contributed by atoms with Crippen LogP contribution in [-0.4, -0.2) is 0 Å². The Bertz CT molecular complexity index is 1940. The van der Waals surface area contributed by atoms with Crippen LogP contribution >= 0.6 is 11.3 Å². The lowest BCUT2D eigenvalue weighted by Gasteiger charge is -2.35. The fourth-order valence-electron chi connectivity index (χ4n) is 6.67. The maximum absolute atomic E-state index is 2.48. The number of nitrogens with zero attached hydrogens (tertiary/aromatic N) is 1. The number of fused-ring (bicyclic) bond motifs is 6. The first-order valence-corrected chi connectivity index (χ1v) is 14.6. The molecule has 0 atom stereocenters. The van der Waals surface area contributed by atoms with Crippen LogP contribution in [0.5, 0.6) is 0 Å². The highest BCUT2D eigenvalue weighted by Gasteiger charge is 2.43. The molecule has 1 aliphatic rings. The van der Waals surface area contributed by atoms with Crippen LogP contribution in [0, 0.1) is 0 Å². The molecule has 0 aliphatic heterocycles. The molecule has 2 heteroatoms. The third-order valence-electron chi connectivity index (χ3n) is 8.53. The quantitative estimate of drug-likeness (QED) is 0.219. The SMILES string of the molecule is CC1(c2cc3sc4ccccc4c3cc2N(c2ccccc2)c2ccccc2)c2ccccc2-c2ccccc21. The number of benzene rings is 6. The Morgan fingerprint density at radius 2 is 1.00 bits per heavy atom. The van der Waals surface area contributed by atoms with Crippen LogP contribution in [-0.2, 0) is 5.41 Å². The lowest BCUT2D eigenvalue weighted by Crippen LogP contribution is -2.26. The van der Waals surface area contributed by atoms with Crippen molar-refractivity contribution in [1.82, 2.24) is 0 Å². The van der Waals surface area contributed by atoms with Crippen molar-refractivity contribution in [2.75, 3.05) is 4.90 Å². The molecule has 7 aromatic rings. The van der Waals surface area contributed by atoms with Gasteiger partial charge in [-0.3, -0.25) is 0 Å². The summed E-state index contributed by atoms with van der Waals surface area (Å²) in [6, 6.07) is 53.2. The van der Waals surface area contributed by atoms with Gasteiger partial charge in [-0.1, -0.05) is 103 Å². The number of thiophene rings is 1. The molecule has 6 aromatic carbocycles. The molecule has 1 aliphatic carbocycles. The molecule has 0 unspecified atom stereocenters. The fraction of sp³-hybridized carbons (Fsp3) is 0.0526. The van der Waals surface area contributed by atoms with Crippen molar-refractivity contribution in [1.29, 1.82) is 0 Å². The van der Waals surface area contributed by atoms with Crippen LogP contribution in [0.4, 0.5) is 17.1 Å². The Balaban J connectivity index is 1.52. The molecule has 0 spiro atoms. The van der Waals surface area contributed by atoms with E-state index in [9.17, 15) is 0 Å². The van der Waals surface area contributed by atoms with E-state index in [4.69, 9.17) is 0 Å². The molecule has 190 valence electrons. The second kappa shape index (κ2) is 8.94. The first kappa shape index (κ1) is 23.2. The largest absolute Gasteiger partial charge is 0.310 e.